The summed E-state index contributed by atoms with van der Waals surface area (Å²) in [5.41, 5.74) is 0.755. The lowest BCUT2D eigenvalue weighted by molar-refractivity contribution is -0.148. The number of hydrogen-bond donors (Lipinski definition) is 6. The number of benzene rings is 1. The summed E-state index contributed by atoms with van der Waals surface area (Å²) in [5.74, 6) is -4.48. The Hall–Kier alpha value is -5.02. The summed E-state index contributed by atoms with van der Waals surface area (Å²) in [6, 6.07) is 3.13. The van der Waals surface area contributed by atoms with E-state index in [0.717, 1.165) is 5.56 Å². The summed E-state index contributed by atoms with van der Waals surface area (Å²) in [6.45, 7) is 11.0. The Balaban J connectivity index is 1.67. The van der Waals surface area contributed by atoms with E-state index in [1.165, 1.54) is 9.80 Å². The first kappa shape index (κ1) is 44.7. The van der Waals surface area contributed by atoms with Crippen LogP contribution >= 0.6 is 0 Å². The van der Waals surface area contributed by atoms with Crippen LogP contribution in [0.4, 0.5) is 0 Å². The van der Waals surface area contributed by atoms with Gasteiger partial charge < -0.3 is 41.7 Å². The van der Waals surface area contributed by atoms with Crippen LogP contribution in [0.15, 0.2) is 30.3 Å². The largest absolute Gasteiger partial charge is 0.346 e. The summed E-state index contributed by atoms with van der Waals surface area (Å²) in [6.07, 6.45) is 2.71. The van der Waals surface area contributed by atoms with Gasteiger partial charge in [-0.2, -0.15) is 0 Å². The van der Waals surface area contributed by atoms with E-state index in [1.54, 1.807) is 24.3 Å². The molecule has 3 fully saturated rings. The van der Waals surface area contributed by atoms with Crippen LogP contribution in [-0.4, -0.2) is 119 Å². The maximum absolute atomic E-state index is 14.3. The van der Waals surface area contributed by atoms with Gasteiger partial charge in [0, 0.05) is 19.5 Å². The smallest absolute Gasteiger partial charge is 0.246 e. The molecule has 57 heavy (non-hydrogen) atoms. The van der Waals surface area contributed by atoms with Crippen LogP contribution in [0, 0.1) is 17.8 Å². The van der Waals surface area contributed by atoms with Crippen molar-refractivity contribution in [3.63, 3.8) is 0 Å². The Kier molecular flexibility index (Phi) is 16.4. The van der Waals surface area contributed by atoms with E-state index >= 15 is 0 Å². The maximum atomic E-state index is 14.3. The van der Waals surface area contributed by atoms with Gasteiger partial charge in [0.15, 0.2) is 0 Å². The second-order valence-electron chi connectivity index (χ2n) is 16.8. The zero-order chi connectivity index (χ0) is 41.8. The van der Waals surface area contributed by atoms with Gasteiger partial charge in [0.1, 0.15) is 36.3 Å². The highest BCUT2D eigenvalue weighted by molar-refractivity contribution is 5.98. The predicted octanol–water partition coefficient (Wildman–Crippen LogP) is 0.535. The third kappa shape index (κ3) is 13.0. The molecular weight excluding hydrogens is 732 g/mol. The average Bonchev–Trinajstić information content (AvgIpc) is 3.85. The lowest BCUT2D eigenvalue weighted by atomic mass is 9.98. The molecule has 16 heteroatoms. The van der Waals surface area contributed by atoms with Gasteiger partial charge in [-0.15, -0.1) is 0 Å². The molecule has 0 aliphatic carbocycles. The SMILES string of the molecule is CC(C)CC1NC(=O)CNC(=O)CNC(=O)C(Cc2ccccc2)NC(=O)C2CCCN2C(=O)C2CCCN2C(=O)C(CC(C)C)NC(=O)C(CC(C)C)NC1=O. The molecule has 4 rings (SSSR count). The van der Waals surface area contributed by atoms with Gasteiger partial charge in [0.2, 0.25) is 47.3 Å². The van der Waals surface area contributed by atoms with Gasteiger partial charge in [-0.3, -0.25) is 38.4 Å². The Labute approximate surface area is 335 Å². The monoisotopic (exact) mass is 794 g/mol. The Morgan fingerprint density at radius 1 is 0.526 bits per heavy atom. The molecule has 6 atom stereocenters. The molecule has 6 unspecified atom stereocenters. The van der Waals surface area contributed by atoms with Gasteiger partial charge in [0.05, 0.1) is 13.1 Å². The third-order valence-electron chi connectivity index (χ3n) is 10.5. The summed E-state index contributed by atoms with van der Waals surface area (Å²) < 4.78 is 0. The molecule has 0 spiro atoms. The number of nitrogens with zero attached hydrogens (tertiary/aromatic N) is 2. The number of fused-ring (bicyclic) bond motifs is 2. The molecule has 1 aromatic rings. The summed E-state index contributed by atoms with van der Waals surface area (Å²) in [4.78, 5) is 113. The molecule has 314 valence electrons. The fourth-order valence-corrected chi connectivity index (χ4v) is 7.73. The first-order valence-corrected chi connectivity index (χ1v) is 20.4. The van der Waals surface area contributed by atoms with E-state index in [9.17, 15) is 38.4 Å². The van der Waals surface area contributed by atoms with Crippen molar-refractivity contribution < 1.29 is 38.4 Å². The third-order valence-corrected chi connectivity index (χ3v) is 10.5. The molecule has 3 saturated heterocycles. The molecule has 3 aliphatic heterocycles. The number of rotatable bonds is 8. The van der Waals surface area contributed by atoms with E-state index in [2.05, 4.69) is 31.9 Å². The summed E-state index contributed by atoms with van der Waals surface area (Å²) in [7, 11) is 0. The predicted molar refractivity (Wildman–Crippen MR) is 212 cm³/mol. The molecule has 0 saturated carbocycles. The zero-order valence-electron chi connectivity index (χ0n) is 34.2. The summed E-state index contributed by atoms with van der Waals surface area (Å²) in [5, 5.41) is 16.2. The Bertz CT molecular complexity index is 1620. The minimum atomic E-state index is -1.10. The minimum absolute atomic E-state index is 0.0141. The van der Waals surface area contributed by atoms with Gasteiger partial charge in [-0.05, 0) is 68.3 Å². The van der Waals surface area contributed by atoms with E-state index in [4.69, 9.17) is 0 Å². The van der Waals surface area contributed by atoms with Crippen molar-refractivity contribution in [3.8, 4) is 0 Å². The van der Waals surface area contributed by atoms with Gasteiger partial charge >= 0.3 is 0 Å². The van der Waals surface area contributed by atoms with Crippen LogP contribution in [-0.2, 0) is 44.8 Å². The van der Waals surface area contributed by atoms with Gasteiger partial charge in [-0.1, -0.05) is 71.9 Å². The molecule has 3 heterocycles. The van der Waals surface area contributed by atoms with Crippen LogP contribution in [0.2, 0.25) is 0 Å². The molecule has 0 aromatic heterocycles. The molecule has 6 N–H and O–H groups in total. The summed E-state index contributed by atoms with van der Waals surface area (Å²) >= 11 is 0. The second-order valence-corrected chi connectivity index (χ2v) is 16.8. The van der Waals surface area contributed by atoms with Crippen LogP contribution in [0.3, 0.4) is 0 Å². The molecule has 0 bridgehead atoms. The number of hydrogen-bond acceptors (Lipinski definition) is 8. The highest BCUT2D eigenvalue weighted by Gasteiger charge is 2.44. The molecule has 1 aromatic carbocycles. The minimum Gasteiger partial charge on any atom is -0.346 e. The normalized spacial score (nSPS) is 26.6. The van der Waals surface area contributed by atoms with E-state index in [0.29, 0.717) is 38.8 Å². The van der Waals surface area contributed by atoms with Crippen molar-refractivity contribution in [1.82, 2.24) is 41.7 Å². The van der Waals surface area contributed by atoms with Crippen molar-refractivity contribution in [2.75, 3.05) is 26.2 Å². The van der Waals surface area contributed by atoms with Crippen molar-refractivity contribution in [2.45, 2.75) is 129 Å². The second kappa shape index (κ2) is 20.9. The fraction of sp³-hybridized carbons (Fsp3) is 0.659. The standard InChI is InChI=1S/C41H62N8O8/c1-24(2)18-28-37(53)45-29(19-25(3)4)38(54)47-31(20-26(5)6)40(56)49-17-11-15-33(49)41(57)48-16-10-14-32(48)39(55)46-30(21-27-12-8-7-9-13-27)36(52)43-22-34(50)42-23-35(51)44-28/h7-9,12-13,24-26,28-33H,10-11,14-23H2,1-6H3,(H,42,50)(H,43,52)(H,44,51)(H,45,53)(H,46,55)(H,47,54). The number of amides is 8. The van der Waals surface area contributed by atoms with Crippen molar-refractivity contribution in [3.05, 3.63) is 35.9 Å². The van der Waals surface area contributed by atoms with Crippen LogP contribution in [0.25, 0.3) is 0 Å². The molecular formula is C41H62N8O8. The van der Waals surface area contributed by atoms with Gasteiger partial charge in [0.25, 0.3) is 0 Å². The molecule has 0 radical (unpaired) electrons. The first-order valence-electron chi connectivity index (χ1n) is 20.4. The number of carbonyl (C=O) groups excluding carboxylic acids is 8. The van der Waals surface area contributed by atoms with Crippen molar-refractivity contribution >= 4 is 47.3 Å². The van der Waals surface area contributed by atoms with Crippen LogP contribution < -0.4 is 31.9 Å². The van der Waals surface area contributed by atoms with E-state index in [-0.39, 0.29) is 49.3 Å². The Morgan fingerprint density at radius 2 is 1.02 bits per heavy atom. The average molecular weight is 795 g/mol. The topological polar surface area (TPSA) is 215 Å². The molecule has 3 aliphatic rings. The highest BCUT2D eigenvalue weighted by Crippen LogP contribution is 2.27. The number of carbonyl (C=O) groups is 8. The molecule has 16 nitrogen and oxygen atoms in total. The van der Waals surface area contributed by atoms with E-state index in [1.807, 2.05) is 47.6 Å². The molecule has 8 amide bonds. The van der Waals surface area contributed by atoms with Crippen molar-refractivity contribution in [2.24, 2.45) is 17.8 Å². The quantitative estimate of drug-likeness (QED) is 0.218. The van der Waals surface area contributed by atoms with Crippen LogP contribution in [0.5, 0.6) is 0 Å². The van der Waals surface area contributed by atoms with E-state index < -0.39 is 90.7 Å². The Morgan fingerprint density at radius 3 is 1.61 bits per heavy atom. The van der Waals surface area contributed by atoms with Gasteiger partial charge in [-0.25, -0.2) is 0 Å². The zero-order valence-corrected chi connectivity index (χ0v) is 34.2. The number of nitrogens with one attached hydrogen (secondary N) is 6. The van der Waals surface area contributed by atoms with Crippen LogP contribution in [0.1, 0.15) is 92.1 Å². The maximum Gasteiger partial charge on any atom is 0.246 e. The highest BCUT2D eigenvalue weighted by atomic mass is 16.2. The lowest BCUT2D eigenvalue weighted by Crippen LogP contribution is -2.60. The fourth-order valence-electron chi connectivity index (χ4n) is 7.73. The van der Waals surface area contributed by atoms with Crippen molar-refractivity contribution in [1.29, 1.82) is 0 Å². The lowest BCUT2D eigenvalue weighted by Gasteiger charge is -2.34. The first-order chi connectivity index (χ1) is 27.0.